The maximum atomic E-state index is 5.66. The van der Waals surface area contributed by atoms with E-state index in [9.17, 15) is 0 Å². The monoisotopic (exact) mass is 307 g/mol. The zero-order valence-electron chi connectivity index (χ0n) is 14.8. The minimum Gasteiger partial charge on any atom is -0.399 e. The van der Waals surface area contributed by atoms with E-state index in [-0.39, 0.29) is 6.04 Å². The molecule has 0 bridgehead atoms. The SMILES string of the molecule is C=C/C(N)=C/C(N)CCC.CN1CCC(C2CCCCC2)C1. The summed E-state index contributed by atoms with van der Waals surface area (Å²) in [6.07, 6.45) is 14.5. The summed E-state index contributed by atoms with van der Waals surface area (Å²) in [6.45, 7) is 8.35. The van der Waals surface area contributed by atoms with E-state index >= 15 is 0 Å². The average Bonchev–Trinajstić information content (AvgIpc) is 2.95. The fraction of sp³-hybridized carbons (Fsp3) is 0.789. The molecule has 2 fully saturated rings. The van der Waals surface area contributed by atoms with Gasteiger partial charge in [0, 0.05) is 18.3 Å². The summed E-state index contributed by atoms with van der Waals surface area (Å²) >= 11 is 0. The number of nitrogens with two attached hydrogens (primary N) is 2. The molecule has 22 heavy (non-hydrogen) atoms. The molecule has 0 aromatic rings. The Labute approximate surface area is 137 Å². The predicted molar refractivity (Wildman–Crippen MR) is 97.5 cm³/mol. The Balaban J connectivity index is 0.000000225. The predicted octanol–water partition coefficient (Wildman–Crippen LogP) is 3.66. The summed E-state index contributed by atoms with van der Waals surface area (Å²) in [6, 6.07) is 0.0861. The van der Waals surface area contributed by atoms with Crippen LogP contribution in [0.2, 0.25) is 0 Å². The number of hydrogen-bond acceptors (Lipinski definition) is 3. The van der Waals surface area contributed by atoms with E-state index in [1.54, 1.807) is 6.08 Å². The van der Waals surface area contributed by atoms with E-state index < -0.39 is 0 Å². The van der Waals surface area contributed by atoms with E-state index in [2.05, 4.69) is 25.5 Å². The van der Waals surface area contributed by atoms with Crippen LogP contribution in [0.3, 0.4) is 0 Å². The van der Waals surface area contributed by atoms with Gasteiger partial charge in [0.05, 0.1) is 0 Å². The van der Waals surface area contributed by atoms with Crippen molar-refractivity contribution in [3.63, 3.8) is 0 Å². The van der Waals surface area contributed by atoms with Gasteiger partial charge in [0.25, 0.3) is 0 Å². The molecule has 4 N–H and O–H groups in total. The molecule has 3 nitrogen and oxygen atoms in total. The molecule has 2 rings (SSSR count). The minimum atomic E-state index is 0.0861. The third kappa shape index (κ3) is 7.46. The standard InChI is InChI=1S/C11H21N.C8H16N2/c1-12-8-7-11(9-12)10-5-3-2-4-6-10;1-3-5-8(10)6-7(9)4-2/h10-11H,2-9H2,1H3;4,6,8H,2-3,5,9-10H2,1H3/b;7-6-. The molecule has 2 unspecified atom stereocenters. The van der Waals surface area contributed by atoms with Crippen LogP contribution in [0.15, 0.2) is 24.4 Å². The van der Waals surface area contributed by atoms with E-state index in [0.717, 1.165) is 24.7 Å². The molecule has 0 aromatic heterocycles. The number of nitrogens with zero attached hydrogens (tertiary/aromatic N) is 1. The lowest BCUT2D eigenvalue weighted by Crippen LogP contribution is -2.21. The third-order valence-corrected chi connectivity index (χ3v) is 5.01. The normalized spacial score (nSPS) is 25.4. The lowest BCUT2D eigenvalue weighted by Gasteiger charge is -2.27. The second kappa shape index (κ2) is 10.8. The van der Waals surface area contributed by atoms with Gasteiger partial charge in [-0.3, -0.25) is 0 Å². The largest absolute Gasteiger partial charge is 0.399 e. The lowest BCUT2D eigenvalue weighted by molar-refractivity contribution is 0.247. The third-order valence-electron chi connectivity index (χ3n) is 5.01. The summed E-state index contributed by atoms with van der Waals surface area (Å²) in [5, 5.41) is 0. The van der Waals surface area contributed by atoms with Gasteiger partial charge in [-0.05, 0) is 50.4 Å². The highest BCUT2D eigenvalue weighted by Crippen LogP contribution is 2.34. The van der Waals surface area contributed by atoms with Crippen LogP contribution in [-0.2, 0) is 0 Å². The fourth-order valence-corrected chi connectivity index (χ4v) is 3.69. The summed E-state index contributed by atoms with van der Waals surface area (Å²) in [5.41, 5.74) is 11.8. The quantitative estimate of drug-likeness (QED) is 0.762. The van der Waals surface area contributed by atoms with Gasteiger partial charge in [-0.25, -0.2) is 0 Å². The average molecular weight is 308 g/mol. The first-order valence-corrected chi connectivity index (χ1v) is 9.10. The van der Waals surface area contributed by atoms with Crippen molar-refractivity contribution in [1.82, 2.24) is 4.90 Å². The molecule has 1 saturated heterocycles. The van der Waals surface area contributed by atoms with E-state index in [1.165, 1.54) is 51.6 Å². The van der Waals surface area contributed by atoms with Gasteiger partial charge >= 0.3 is 0 Å². The van der Waals surface area contributed by atoms with Crippen LogP contribution in [0.4, 0.5) is 0 Å². The van der Waals surface area contributed by atoms with Crippen LogP contribution in [0.1, 0.15) is 58.3 Å². The highest BCUT2D eigenvalue weighted by Gasteiger charge is 2.28. The number of rotatable bonds is 5. The Kier molecular flexibility index (Phi) is 9.49. The minimum absolute atomic E-state index is 0.0861. The van der Waals surface area contributed by atoms with Gasteiger partial charge in [0.2, 0.25) is 0 Å². The van der Waals surface area contributed by atoms with Crippen molar-refractivity contribution in [2.45, 2.75) is 64.3 Å². The maximum absolute atomic E-state index is 5.66. The van der Waals surface area contributed by atoms with Gasteiger partial charge < -0.3 is 16.4 Å². The van der Waals surface area contributed by atoms with Crippen molar-refractivity contribution < 1.29 is 0 Å². The Morgan fingerprint density at radius 2 is 1.91 bits per heavy atom. The van der Waals surface area contributed by atoms with Crippen molar-refractivity contribution >= 4 is 0 Å². The first kappa shape index (κ1) is 19.2. The topological polar surface area (TPSA) is 55.3 Å². The number of likely N-dealkylation sites (tertiary alicyclic amines) is 1. The molecule has 1 heterocycles. The van der Waals surface area contributed by atoms with Gasteiger partial charge in [-0.2, -0.15) is 0 Å². The van der Waals surface area contributed by atoms with E-state index in [1.807, 2.05) is 6.08 Å². The van der Waals surface area contributed by atoms with Crippen LogP contribution in [0.25, 0.3) is 0 Å². The lowest BCUT2D eigenvalue weighted by atomic mass is 9.80. The highest BCUT2D eigenvalue weighted by molar-refractivity contribution is 5.13. The summed E-state index contributed by atoms with van der Waals surface area (Å²) in [5.74, 6) is 2.14. The zero-order valence-corrected chi connectivity index (χ0v) is 14.8. The molecule has 2 aliphatic rings. The summed E-state index contributed by atoms with van der Waals surface area (Å²) in [7, 11) is 2.27. The molecule has 0 radical (unpaired) electrons. The second-order valence-corrected chi connectivity index (χ2v) is 7.03. The summed E-state index contributed by atoms with van der Waals surface area (Å²) in [4.78, 5) is 2.50. The van der Waals surface area contributed by atoms with Gasteiger partial charge in [0.1, 0.15) is 0 Å². The molecular formula is C19H37N3. The molecule has 0 aromatic carbocycles. The van der Waals surface area contributed by atoms with Gasteiger partial charge in [-0.15, -0.1) is 0 Å². The van der Waals surface area contributed by atoms with Crippen molar-refractivity contribution in [1.29, 1.82) is 0 Å². The smallest absolute Gasteiger partial charge is 0.0283 e. The van der Waals surface area contributed by atoms with Gasteiger partial charge in [-0.1, -0.05) is 52.0 Å². The molecule has 0 amide bonds. The van der Waals surface area contributed by atoms with Crippen LogP contribution >= 0.6 is 0 Å². The highest BCUT2D eigenvalue weighted by atomic mass is 15.1. The van der Waals surface area contributed by atoms with Crippen molar-refractivity contribution in [3.8, 4) is 0 Å². The molecule has 1 aliphatic carbocycles. The van der Waals surface area contributed by atoms with Crippen molar-refractivity contribution in [2.75, 3.05) is 20.1 Å². The van der Waals surface area contributed by atoms with Crippen LogP contribution in [-0.4, -0.2) is 31.1 Å². The first-order chi connectivity index (χ1) is 10.6. The second-order valence-electron chi connectivity index (χ2n) is 7.03. The number of hydrogen-bond donors (Lipinski definition) is 2. The fourth-order valence-electron chi connectivity index (χ4n) is 3.69. The molecule has 3 heteroatoms. The zero-order chi connectivity index (χ0) is 16.4. The maximum Gasteiger partial charge on any atom is 0.0283 e. The van der Waals surface area contributed by atoms with Crippen molar-refractivity contribution in [3.05, 3.63) is 24.4 Å². The van der Waals surface area contributed by atoms with E-state index in [4.69, 9.17) is 11.5 Å². The first-order valence-electron chi connectivity index (χ1n) is 9.10. The molecule has 1 saturated carbocycles. The van der Waals surface area contributed by atoms with E-state index in [0.29, 0.717) is 5.70 Å². The molecule has 128 valence electrons. The Hall–Kier alpha value is -0.800. The van der Waals surface area contributed by atoms with Crippen molar-refractivity contribution in [2.24, 2.45) is 23.3 Å². The Morgan fingerprint density at radius 1 is 1.23 bits per heavy atom. The van der Waals surface area contributed by atoms with Crippen LogP contribution < -0.4 is 11.5 Å². The van der Waals surface area contributed by atoms with Gasteiger partial charge in [0.15, 0.2) is 0 Å². The summed E-state index contributed by atoms with van der Waals surface area (Å²) < 4.78 is 0. The number of allylic oxidation sites excluding steroid dienone is 1. The van der Waals surface area contributed by atoms with Crippen LogP contribution in [0, 0.1) is 11.8 Å². The Bertz CT molecular complexity index is 329. The van der Waals surface area contributed by atoms with Crippen LogP contribution in [0.5, 0.6) is 0 Å². The molecular weight excluding hydrogens is 270 g/mol. The molecule has 2 atom stereocenters. The Morgan fingerprint density at radius 3 is 2.41 bits per heavy atom. The molecule has 1 aliphatic heterocycles. The molecule has 0 spiro atoms.